The van der Waals surface area contributed by atoms with Gasteiger partial charge in [0.05, 0.1) is 0 Å². The van der Waals surface area contributed by atoms with Crippen LogP contribution in [-0.2, 0) is 0 Å². The SMILES string of the molecule is CCC(C)(C)C1CCC(N)(C2CCC(C)C(C)C2)CC1. The van der Waals surface area contributed by atoms with Crippen LogP contribution in [-0.4, -0.2) is 5.54 Å². The molecular formula is C19H37N. The molecule has 2 N–H and O–H groups in total. The van der Waals surface area contributed by atoms with Crippen molar-refractivity contribution in [2.24, 2.45) is 34.8 Å². The second kappa shape index (κ2) is 5.99. The highest BCUT2D eigenvalue weighted by Gasteiger charge is 2.43. The van der Waals surface area contributed by atoms with E-state index in [1.165, 1.54) is 51.4 Å². The van der Waals surface area contributed by atoms with E-state index in [1.807, 2.05) is 0 Å². The molecule has 0 aromatic heterocycles. The van der Waals surface area contributed by atoms with Crippen molar-refractivity contribution >= 4 is 0 Å². The van der Waals surface area contributed by atoms with Gasteiger partial charge in [0.2, 0.25) is 0 Å². The molecule has 0 aliphatic heterocycles. The van der Waals surface area contributed by atoms with E-state index in [0.717, 1.165) is 23.7 Å². The van der Waals surface area contributed by atoms with Crippen molar-refractivity contribution in [2.75, 3.05) is 0 Å². The molecule has 118 valence electrons. The normalized spacial score (nSPS) is 43.5. The van der Waals surface area contributed by atoms with E-state index in [-0.39, 0.29) is 5.54 Å². The van der Waals surface area contributed by atoms with Gasteiger partial charge in [-0.1, -0.05) is 47.5 Å². The monoisotopic (exact) mass is 279 g/mol. The highest BCUT2D eigenvalue weighted by Crippen LogP contribution is 2.48. The third-order valence-corrected chi connectivity index (χ3v) is 7.34. The Morgan fingerprint density at radius 2 is 1.60 bits per heavy atom. The van der Waals surface area contributed by atoms with Crippen LogP contribution in [0.4, 0.5) is 0 Å². The molecular weight excluding hydrogens is 242 g/mol. The van der Waals surface area contributed by atoms with Crippen LogP contribution in [0, 0.1) is 29.1 Å². The summed E-state index contributed by atoms with van der Waals surface area (Å²) in [6, 6.07) is 0. The summed E-state index contributed by atoms with van der Waals surface area (Å²) in [6.45, 7) is 12.1. The summed E-state index contributed by atoms with van der Waals surface area (Å²) in [7, 11) is 0. The average Bonchev–Trinajstić information content (AvgIpc) is 2.42. The lowest BCUT2D eigenvalue weighted by Gasteiger charge is -2.49. The molecule has 1 heteroatoms. The van der Waals surface area contributed by atoms with Crippen LogP contribution >= 0.6 is 0 Å². The van der Waals surface area contributed by atoms with Gasteiger partial charge in [0, 0.05) is 5.54 Å². The molecule has 2 rings (SSSR count). The van der Waals surface area contributed by atoms with Gasteiger partial charge in [0.25, 0.3) is 0 Å². The fourth-order valence-corrected chi connectivity index (χ4v) is 4.70. The first kappa shape index (κ1) is 16.3. The van der Waals surface area contributed by atoms with E-state index in [9.17, 15) is 0 Å². The molecule has 0 saturated heterocycles. The summed E-state index contributed by atoms with van der Waals surface area (Å²) in [5.74, 6) is 3.47. The van der Waals surface area contributed by atoms with Crippen LogP contribution in [0.2, 0.25) is 0 Å². The van der Waals surface area contributed by atoms with E-state index < -0.39 is 0 Å². The summed E-state index contributed by atoms with van der Waals surface area (Å²) < 4.78 is 0. The van der Waals surface area contributed by atoms with Crippen molar-refractivity contribution in [2.45, 2.75) is 91.5 Å². The Kier molecular flexibility index (Phi) is 4.89. The summed E-state index contributed by atoms with van der Waals surface area (Å²) >= 11 is 0. The lowest BCUT2D eigenvalue weighted by Crippen LogP contribution is -2.52. The third kappa shape index (κ3) is 3.24. The van der Waals surface area contributed by atoms with E-state index in [0.29, 0.717) is 5.41 Å². The molecule has 3 unspecified atom stereocenters. The maximum atomic E-state index is 6.89. The first-order valence-corrected chi connectivity index (χ1v) is 9.07. The van der Waals surface area contributed by atoms with Crippen molar-refractivity contribution in [3.8, 4) is 0 Å². The summed E-state index contributed by atoms with van der Waals surface area (Å²) in [5.41, 5.74) is 7.56. The highest BCUT2D eigenvalue weighted by molar-refractivity contribution is 4.99. The molecule has 20 heavy (non-hydrogen) atoms. The van der Waals surface area contributed by atoms with Crippen LogP contribution in [0.25, 0.3) is 0 Å². The van der Waals surface area contributed by atoms with E-state index in [2.05, 4.69) is 34.6 Å². The second-order valence-electron chi connectivity index (χ2n) is 8.81. The van der Waals surface area contributed by atoms with Gasteiger partial charge in [-0.25, -0.2) is 0 Å². The number of hydrogen-bond donors (Lipinski definition) is 1. The zero-order valence-electron chi connectivity index (χ0n) is 14.5. The summed E-state index contributed by atoms with van der Waals surface area (Å²) in [5, 5.41) is 0. The lowest BCUT2D eigenvalue weighted by molar-refractivity contribution is 0.0567. The molecule has 2 saturated carbocycles. The number of hydrogen-bond acceptors (Lipinski definition) is 1. The molecule has 3 atom stereocenters. The van der Waals surface area contributed by atoms with Gasteiger partial charge in [-0.05, 0) is 67.6 Å². The maximum absolute atomic E-state index is 6.89. The maximum Gasteiger partial charge on any atom is 0.0183 e. The van der Waals surface area contributed by atoms with Crippen LogP contribution < -0.4 is 5.73 Å². The molecule has 2 fully saturated rings. The molecule has 0 heterocycles. The lowest BCUT2D eigenvalue weighted by atomic mass is 9.59. The van der Waals surface area contributed by atoms with Gasteiger partial charge in [-0.3, -0.25) is 0 Å². The highest BCUT2D eigenvalue weighted by atomic mass is 14.8. The van der Waals surface area contributed by atoms with Crippen molar-refractivity contribution in [1.29, 1.82) is 0 Å². The second-order valence-corrected chi connectivity index (χ2v) is 8.81. The quantitative estimate of drug-likeness (QED) is 0.737. The Bertz CT molecular complexity index is 312. The van der Waals surface area contributed by atoms with Crippen molar-refractivity contribution < 1.29 is 0 Å². The topological polar surface area (TPSA) is 26.0 Å². The van der Waals surface area contributed by atoms with Gasteiger partial charge in [0.1, 0.15) is 0 Å². The Labute approximate surface area is 127 Å². The van der Waals surface area contributed by atoms with Crippen LogP contribution in [0.15, 0.2) is 0 Å². The molecule has 0 spiro atoms. The largest absolute Gasteiger partial charge is 0.325 e. The first-order chi connectivity index (χ1) is 9.28. The average molecular weight is 280 g/mol. The Hall–Kier alpha value is -0.0400. The van der Waals surface area contributed by atoms with Crippen molar-refractivity contribution in [3.63, 3.8) is 0 Å². The van der Waals surface area contributed by atoms with Gasteiger partial charge in [-0.2, -0.15) is 0 Å². The van der Waals surface area contributed by atoms with Gasteiger partial charge in [-0.15, -0.1) is 0 Å². The fourth-order valence-electron chi connectivity index (χ4n) is 4.70. The molecule has 2 aliphatic rings. The first-order valence-electron chi connectivity index (χ1n) is 9.07. The van der Waals surface area contributed by atoms with E-state index in [1.54, 1.807) is 0 Å². The standard InChI is InChI=1S/C19H37N/c1-6-18(4,5)16-9-11-19(20,12-10-16)17-8-7-14(2)15(3)13-17/h14-17H,6-13,20H2,1-5H3. The Morgan fingerprint density at radius 1 is 1.00 bits per heavy atom. The van der Waals surface area contributed by atoms with Gasteiger partial charge >= 0.3 is 0 Å². The minimum atomic E-state index is 0.161. The molecule has 2 aliphatic carbocycles. The van der Waals surface area contributed by atoms with E-state index >= 15 is 0 Å². The predicted octanol–water partition coefficient (Wildman–Crippen LogP) is 5.38. The fraction of sp³-hybridized carbons (Fsp3) is 1.00. The van der Waals surface area contributed by atoms with Crippen molar-refractivity contribution in [1.82, 2.24) is 0 Å². The summed E-state index contributed by atoms with van der Waals surface area (Å²) in [6.07, 6.45) is 10.7. The molecule has 0 amide bonds. The zero-order chi connectivity index (χ0) is 15.0. The zero-order valence-corrected chi connectivity index (χ0v) is 14.5. The van der Waals surface area contributed by atoms with E-state index in [4.69, 9.17) is 5.73 Å². The molecule has 0 bridgehead atoms. The minimum absolute atomic E-state index is 0.161. The van der Waals surface area contributed by atoms with Crippen LogP contribution in [0.5, 0.6) is 0 Å². The number of nitrogens with two attached hydrogens (primary N) is 1. The Morgan fingerprint density at radius 3 is 2.10 bits per heavy atom. The predicted molar refractivity (Wildman–Crippen MR) is 88.6 cm³/mol. The summed E-state index contributed by atoms with van der Waals surface area (Å²) in [4.78, 5) is 0. The molecule has 0 aromatic rings. The molecule has 0 aromatic carbocycles. The Balaban J connectivity index is 1.94. The molecule has 0 radical (unpaired) electrons. The van der Waals surface area contributed by atoms with Crippen LogP contribution in [0.1, 0.15) is 86.0 Å². The minimum Gasteiger partial charge on any atom is -0.325 e. The smallest absolute Gasteiger partial charge is 0.0183 e. The number of rotatable bonds is 3. The van der Waals surface area contributed by atoms with Crippen LogP contribution in [0.3, 0.4) is 0 Å². The van der Waals surface area contributed by atoms with Gasteiger partial charge < -0.3 is 5.73 Å². The third-order valence-electron chi connectivity index (χ3n) is 7.34. The molecule has 1 nitrogen and oxygen atoms in total. The van der Waals surface area contributed by atoms with Crippen molar-refractivity contribution in [3.05, 3.63) is 0 Å². The van der Waals surface area contributed by atoms with Gasteiger partial charge in [0.15, 0.2) is 0 Å².